The van der Waals surface area contributed by atoms with Crippen LogP contribution in [0.25, 0.3) is 0 Å². The van der Waals surface area contributed by atoms with Crippen LogP contribution in [0.5, 0.6) is 0 Å². The zero-order chi connectivity index (χ0) is 8.41. The lowest BCUT2D eigenvalue weighted by molar-refractivity contribution is 0.223. The van der Waals surface area contributed by atoms with Crippen LogP contribution in [-0.4, -0.2) is 37.7 Å². The van der Waals surface area contributed by atoms with Crippen LogP contribution >= 0.6 is 12.4 Å². The van der Waals surface area contributed by atoms with Crippen LogP contribution in [0.2, 0.25) is 0 Å². The van der Waals surface area contributed by atoms with Gasteiger partial charge in [-0.15, -0.1) is 12.4 Å². The van der Waals surface area contributed by atoms with Crippen molar-refractivity contribution in [3.8, 4) is 0 Å². The molecule has 6 heteroatoms. The Bertz CT molecular complexity index is 200. The molecule has 0 aliphatic heterocycles. The number of sulfone groups is 1. The van der Waals surface area contributed by atoms with E-state index in [1.54, 1.807) is 0 Å². The van der Waals surface area contributed by atoms with E-state index < -0.39 is 15.4 Å². The summed E-state index contributed by atoms with van der Waals surface area (Å²) in [4.78, 5) is 0. The molecule has 0 radical (unpaired) electrons. The van der Waals surface area contributed by atoms with Crippen molar-refractivity contribution in [2.24, 2.45) is 5.73 Å². The summed E-state index contributed by atoms with van der Waals surface area (Å²) in [6.45, 7) is 1.17. The van der Waals surface area contributed by atoms with Gasteiger partial charge in [0.1, 0.15) is 9.84 Å². The highest BCUT2D eigenvalue weighted by molar-refractivity contribution is 7.90. The highest BCUT2D eigenvalue weighted by Crippen LogP contribution is 2.00. The third-order valence-electron chi connectivity index (χ3n) is 0.953. The van der Waals surface area contributed by atoms with Crippen molar-refractivity contribution in [2.75, 3.05) is 18.6 Å². The molecule has 0 aromatic rings. The number of aliphatic hydroxyl groups is 1. The van der Waals surface area contributed by atoms with Gasteiger partial charge in [-0.2, -0.15) is 0 Å². The summed E-state index contributed by atoms with van der Waals surface area (Å²) in [5.41, 5.74) is 4.37. The third-order valence-corrected chi connectivity index (χ3v) is 2.14. The average Bonchev–Trinajstić information content (AvgIpc) is 1.60. The number of aliphatic hydroxyl groups excluding tert-OH is 1. The van der Waals surface area contributed by atoms with E-state index in [4.69, 9.17) is 10.8 Å². The van der Waals surface area contributed by atoms with Gasteiger partial charge in [0.2, 0.25) is 0 Å². The third kappa shape index (κ3) is 8.06. The van der Waals surface area contributed by atoms with E-state index in [0.29, 0.717) is 0 Å². The van der Waals surface area contributed by atoms with Gasteiger partial charge < -0.3 is 10.8 Å². The summed E-state index contributed by atoms with van der Waals surface area (Å²) < 4.78 is 21.2. The smallest absolute Gasteiger partial charge is 0.149 e. The van der Waals surface area contributed by atoms with Gasteiger partial charge in [0.05, 0.1) is 17.9 Å². The van der Waals surface area contributed by atoms with Crippen molar-refractivity contribution in [2.45, 2.75) is 12.5 Å². The Morgan fingerprint density at radius 1 is 1.55 bits per heavy atom. The Hall–Kier alpha value is 0.160. The van der Waals surface area contributed by atoms with Crippen LogP contribution in [0.4, 0.5) is 0 Å². The number of rotatable bonds is 3. The molecule has 1 unspecified atom stereocenters. The standard InChI is InChI=1S/C5H13NO3S.ClH/c1-5(6,3-7)4-10(2,8)9;/h7H,3-4,6H2,1-2H3;1H. The molecule has 0 spiro atoms. The summed E-state index contributed by atoms with van der Waals surface area (Å²) in [7, 11) is -3.08. The molecule has 0 rings (SSSR count). The maximum absolute atomic E-state index is 10.6. The minimum atomic E-state index is -3.08. The molecular formula is C5H14ClNO3S. The molecule has 11 heavy (non-hydrogen) atoms. The van der Waals surface area contributed by atoms with E-state index in [1.165, 1.54) is 6.92 Å². The van der Waals surface area contributed by atoms with Crippen molar-refractivity contribution in [3.05, 3.63) is 0 Å². The van der Waals surface area contributed by atoms with E-state index >= 15 is 0 Å². The van der Waals surface area contributed by atoms with E-state index in [-0.39, 0.29) is 24.8 Å². The first-order valence-corrected chi connectivity index (χ1v) is 4.90. The van der Waals surface area contributed by atoms with Crippen LogP contribution in [0.3, 0.4) is 0 Å². The van der Waals surface area contributed by atoms with Crippen molar-refractivity contribution < 1.29 is 13.5 Å². The second-order valence-corrected chi connectivity index (χ2v) is 5.02. The fourth-order valence-corrected chi connectivity index (χ4v) is 1.93. The molecule has 0 saturated carbocycles. The van der Waals surface area contributed by atoms with E-state index in [0.717, 1.165) is 6.26 Å². The molecule has 0 bridgehead atoms. The SMILES string of the molecule is CC(N)(CO)CS(C)(=O)=O.Cl. The molecule has 0 aromatic heterocycles. The van der Waals surface area contributed by atoms with E-state index in [9.17, 15) is 8.42 Å². The van der Waals surface area contributed by atoms with Gasteiger partial charge >= 0.3 is 0 Å². The fourth-order valence-electron chi connectivity index (χ4n) is 0.645. The van der Waals surface area contributed by atoms with Gasteiger partial charge in [-0.05, 0) is 6.92 Å². The summed E-state index contributed by atoms with van der Waals surface area (Å²) >= 11 is 0. The number of hydrogen-bond donors (Lipinski definition) is 2. The maximum Gasteiger partial charge on any atom is 0.149 e. The monoisotopic (exact) mass is 203 g/mol. The first-order valence-electron chi connectivity index (χ1n) is 2.84. The molecule has 0 fully saturated rings. The minimum absolute atomic E-state index is 0. The van der Waals surface area contributed by atoms with Gasteiger partial charge in [0.15, 0.2) is 0 Å². The molecular weight excluding hydrogens is 190 g/mol. The average molecular weight is 204 g/mol. The second kappa shape index (κ2) is 4.25. The first kappa shape index (κ1) is 13.7. The van der Waals surface area contributed by atoms with Crippen molar-refractivity contribution in [3.63, 3.8) is 0 Å². The number of halogens is 1. The van der Waals surface area contributed by atoms with Crippen molar-refractivity contribution in [1.82, 2.24) is 0 Å². The van der Waals surface area contributed by atoms with Crippen LogP contribution in [0, 0.1) is 0 Å². The quantitative estimate of drug-likeness (QED) is 0.627. The van der Waals surface area contributed by atoms with Crippen LogP contribution in [0.15, 0.2) is 0 Å². The van der Waals surface area contributed by atoms with Gasteiger partial charge in [-0.25, -0.2) is 8.42 Å². The van der Waals surface area contributed by atoms with E-state index in [1.807, 2.05) is 0 Å². The summed E-state index contributed by atoms with van der Waals surface area (Å²) in [5, 5.41) is 8.57. The predicted molar refractivity (Wildman–Crippen MR) is 46.6 cm³/mol. The van der Waals surface area contributed by atoms with Crippen molar-refractivity contribution in [1.29, 1.82) is 0 Å². The largest absolute Gasteiger partial charge is 0.394 e. The summed E-state index contributed by atoms with van der Waals surface area (Å²) in [6, 6.07) is 0. The molecule has 0 aromatic carbocycles. The van der Waals surface area contributed by atoms with Gasteiger partial charge in [-0.1, -0.05) is 0 Å². The zero-order valence-electron chi connectivity index (χ0n) is 6.57. The molecule has 3 N–H and O–H groups in total. The first-order chi connectivity index (χ1) is 4.27. The summed E-state index contributed by atoms with van der Waals surface area (Å²) in [5.74, 6) is -0.184. The molecule has 0 saturated heterocycles. The maximum atomic E-state index is 10.6. The van der Waals surface area contributed by atoms with Crippen LogP contribution < -0.4 is 5.73 Å². The Labute approximate surface area is 73.1 Å². The van der Waals surface area contributed by atoms with Crippen LogP contribution in [0.1, 0.15) is 6.92 Å². The van der Waals surface area contributed by atoms with Gasteiger partial charge in [-0.3, -0.25) is 0 Å². The highest BCUT2D eigenvalue weighted by atomic mass is 35.5. The highest BCUT2D eigenvalue weighted by Gasteiger charge is 2.22. The summed E-state index contributed by atoms with van der Waals surface area (Å²) in [6.07, 6.45) is 1.09. The van der Waals surface area contributed by atoms with Crippen LogP contribution in [-0.2, 0) is 9.84 Å². The Morgan fingerprint density at radius 3 is 2.00 bits per heavy atom. The van der Waals surface area contributed by atoms with Crippen molar-refractivity contribution >= 4 is 22.2 Å². The predicted octanol–water partition coefficient (Wildman–Crippen LogP) is -0.838. The Morgan fingerprint density at radius 2 is 1.91 bits per heavy atom. The number of hydrogen-bond acceptors (Lipinski definition) is 4. The lowest BCUT2D eigenvalue weighted by Gasteiger charge is -2.19. The number of nitrogens with two attached hydrogens (primary N) is 1. The topological polar surface area (TPSA) is 80.4 Å². The van der Waals surface area contributed by atoms with Gasteiger partial charge in [0.25, 0.3) is 0 Å². The normalized spacial score (nSPS) is 16.7. The second-order valence-electron chi connectivity index (χ2n) is 2.88. The molecule has 0 heterocycles. The molecule has 4 nitrogen and oxygen atoms in total. The lowest BCUT2D eigenvalue weighted by atomic mass is 10.1. The fraction of sp³-hybridized carbons (Fsp3) is 1.00. The molecule has 1 atom stereocenters. The molecule has 0 aliphatic rings. The molecule has 70 valence electrons. The molecule has 0 amide bonds. The van der Waals surface area contributed by atoms with E-state index in [2.05, 4.69) is 0 Å². The minimum Gasteiger partial charge on any atom is -0.394 e. The molecule has 0 aliphatic carbocycles. The Balaban J connectivity index is 0. The Kier molecular flexibility index (Phi) is 5.31. The zero-order valence-corrected chi connectivity index (χ0v) is 8.20. The lowest BCUT2D eigenvalue weighted by Crippen LogP contribution is -2.46. The van der Waals surface area contributed by atoms with Gasteiger partial charge in [0, 0.05) is 6.26 Å².